The number of aryl methyl sites for hydroxylation is 2. The number of halogens is 2. The molecule has 1 N–H and O–H groups in total. The minimum atomic E-state index is -0.213. The third kappa shape index (κ3) is 3.07. The van der Waals surface area contributed by atoms with Gasteiger partial charge in [0.05, 0.1) is 5.69 Å². The summed E-state index contributed by atoms with van der Waals surface area (Å²) in [5.74, 6) is -0.213. The molecule has 0 bridgehead atoms. The second-order valence-corrected chi connectivity index (χ2v) is 6.00. The van der Waals surface area contributed by atoms with Crippen LogP contribution in [0.2, 0.25) is 5.15 Å². The Hall–Kier alpha value is -1.98. The smallest absolute Gasteiger partial charge is 0.159 e. The molecule has 0 aliphatic heterocycles. The first-order valence-electron chi connectivity index (χ1n) is 7.44. The van der Waals surface area contributed by atoms with Gasteiger partial charge in [0.2, 0.25) is 0 Å². The lowest BCUT2D eigenvalue weighted by Crippen LogP contribution is -2.19. The molecule has 1 aromatic carbocycles. The number of nitrogens with zero attached hydrogens (tertiary/aromatic N) is 3. The number of nitrogens with one attached hydrogen (secondary N) is 1. The fourth-order valence-electron chi connectivity index (χ4n) is 2.69. The zero-order valence-electron chi connectivity index (χ0n) is 13.3. The molecule has 120 valence electrons. The lowest BCUT2D eigenvalue weighted by Gasteiger charge is -2.15. The van der Waals surface area contributed by atoms with Gasteiger partial charge < -0.3 is 5.32 Å². The average Bonchev–Trinajstić information content (AvgIpc) is 2.79. The lowest BCUT2D eigenvalue weighted by atomic mass is 10.1. The van der Waals surface area contributed by atoms with Gasteiger partial charge in [0.15, 0.2) is 5.65 Å². The van der Waals surface area contributed by atoms with Gasteiger partial charge in [0.1, 0.15) is 11.0 Å². The van der Waals surface area contributed by atoms with Gasteiger partial charge in [-0.05, 0) is 26.0 Å². The normalized spacial score (nSPS) is 12.7. The molecule has 4 nitrogen and oxygen atoms in total. The highest BCUT2D eigenvalue weighted by atomic mass is 35.5. The van der Waals surface area contributed by atoms with E-state index in [2.05, 4.69) is 15.4 Å². The monoisotopic (exact) mass is 332 g/mol. The zero-order valence-corrected chi connectivity index (χ0v) is 14.0. The fraction of sp³-hybridized carbons (Fsp3) is 0.294. The SMILES string of the molecule is Cc1nn(C)c2nc(Cl)c(CN[C@@H](C)c3ccccc3F)cc12. The van der Waals surface area contributed by atoms with Crippen LogP contribution < -0.4 is 5.32 Å². The number of pyridine rings is 1. The van der Waals surface area contributed by atoms with Gasteiger partial charge in [-0.3, -0.25) is 4.68 Å². The minimum absolute atomic E-state index is 0.127. The molecule has 0 aliphatic carbocycles. The molecule has 0 amide bonds. The Morgan fingerprint density at radius 1 is 1.35 bits per heavy atom. The summed E-state index contributed by atoms with van der Waals surface area (Å²) < 4.78 is 15.5. The quantitative estimate of drug-likeness (QED) is 0.736. The van der Waals surface area contributed by atoms with Crippen LogP contribution in [-0.2, 0) is 13.6 Å². The molecule has 0 radical (unpaired) electrons. The molecule has 3 rings (SSSR count). The van der Waals surface area contributed by atoms with Crippen LogP contribution in [0.3, 0.4) is 0 Å². The van der Waals surface area contributed by atoms with Crippen LogP contribution in [0.15, 0.2) is 30.3 Å². The van der Waals surface area contributed by atoms with Crippen molar-refractivity contribution in [3.05, 3.63) is 58.1 Å². The molecule has 0 saturated carbocycles. The van der Waals surface area contributed by atoms with Gasteiger partial charge >= 0.3 is 0 Å². The van der Waals surface area contributed by atoms with Crippen molar-refractivity contribution >= 4 is 22.6 Å². The molecule has 3 aromatic rings. The molecule has 0 fully saturated rings. The molecule has 2 aromatic heterocycles. The number of rotatable bonds is 4. The van der Waals surface area contributed by atoms with Crippen molar-refractivity contribution < 1.29 is 4.39 Å². The third-order valence-electron chi connectivity index (χ3n) is 4.00. The number of hydrogen-bond donors (Lipinski definition) is 1. The predicted octanol–water partition coefficient (Wildman–Crippen LogP) is 3.92. The molecule has 0 spiro atoms. The van der Waals surface area contributed by atoms with Crippen molar-refractivity contribution in [3.63, 3.8) is 0 Å². The first-order valence-corrected chi connectivity index (χ1v) is 7.81. The van der Waals surface area contributed by atoms with E-state index >= 15 is 0 Å². The predicted molar refractivity (Wildman–Crippen MR) is 89.9 cm³/mol. The maximum absolute atomic E-state index is 13.8. The summed E-state index contributed by atoms with van der Waals surface area (Å²) in [5.41, 5.74) is 3.18. The van der Waals surface area contributed by atoms with Crippen molar-refractivity contribution in [1.29, 1.82) is 0 Å². The van der Waals surface area contributed by atoms with E-state index in [0.717, 1.165) is 22.3 Å². The van der Waals surface area contributed by atoms with Crippen molar-refractivity contribution in [2.24, 2.45) is 7.05 Å². The molecule has 2 heterocycles. The van der Waals surface area contributed by atoms with Crippen molar-refractivity contribution in [2.75, 3.05) is 0 Å². The van der Waals surface area contributed by atoms with Crippen LogP contribution >= 0.6 is 11.6 Å². The summed E-state index contributed by atoms with van der Waals surface area (Å²) in [6.45, 7) is 4.37. The summed E-state index contributed by atoms with van der Waals surface area (Å²) in [7, 11) is 1.84. The highest BCUT2D eigenvalue weighted by Crippen LogP contribution is 2.24. The number of benzene rings is 1. The molecule has 0 aliphatic rings. The highest BCUT2D eigenvalue weighted by Gasteiger charge is 2.14. The molecule has 23 heavy (non-hydrogen) atoms. The standard InChI is InChI=1S/C17H18ClFN4/c1-10(13-6-4-5-7-15(13)19)20-9-12-8-14-11(2)22-23(3)17(14)21-16(12)18/h4-8,10,20H,9H2,1-3H3/t10-/m0/s1. The van der Waals surface area contributed by atoms with Crippen molar-refractivity contribution in [3.8, 4) is 0 Å². The van der Waals surface area contributed by atoms with Crippen molar-refractivity contribution in [1.82, 2.24) is 20.1 Å². The fourth-order valence-corrected chi connectivity index (χ4v) is 2.89. The molecule has 1 atom stereocenters. The van der Waals surface area contributed by atoms with Crippen molar-refractivity contribution in [2.45, 2.75) is 26.4 Å². The van der Waals surface area contributed by atoms with E-state index in [9.17, 15) is 4.39 Å². The van der Waals surface area contributed by atoms with Gasteiger partial charge in [0.25, 0.3) is 0 Å². The van der Waals surface area contributed by atoms with Crippen LogP contribution in [0.25, 0.3) is 11.0 Å². The summed E-state index contributed by atoms with van der Waals surface area (Å²) in [6.07, 6.45) is 0. The van der Waals surface area contributed by atoms with Crippen LogP contribution in [0, 0.1) is 12.7 Å². The maximum atomic E-state index is 13.8. The van der Waals surface area contributed by atoms with Crippen LogP contribution in [0.1, 0.15) is 29.8 Å². The topological polar surface area (TPSA) is 42.7 Å². The Kier molecular flexibility index (Phi) is 4.33. The Labute approximate surface area is 139 Å². The lowest BCUT2D eigenvalue weighted by molar-refractivity contribution is 0.528. The summed E-state index contributed by atoms with van der Waals surface area (Å²) in [4.78, 5) is 4.42. The minimum Gasteiger partial charge on any atom is -0.306 e. The molecule has 0 unspecified atom stereocenters. The van der Waals surface area contributed by atoms with Gasteiger partial charge in [-0.15, -0.1) is 0 Å². The second-order valence-electron chi connectivity index (χ2n) is 5.64. The van der Waals surface area contributed by atoms with Crippen LogP contribution in [-0.4, -0.2) is 14.8 Å². The average molecular weight is 333 g/mol. The van der Waals surface area contributed by atoms with E-state index in [-0.39, 0.29) is 11.9 Å². The summed E-state index contributed by atoms with van der Waals surface area (Å²) in [6, 6.07) is 8.63. The Balaban J connectivity index is 1.83. The maximum Gasteiger partial charge on any atom is 0.159 e. The number of fused-ring (bicyclic) bond motifs is 1. The number of aromatic nitrogens is 3. The zero-order chi connectivity index (χ0) is 16.6. The van der Waals surface area contributed by atoms with E-state index in [1.165, 1.54) is 6.07 Å². The Bertz CT molecular complexity index is 859. The van der Waals surface area contributed by atoms with Gasteiger partial charge in [0, 0.05) is 36.1 Å². The summed E-state index contributed by atoms with van der Waals surface area (Å²) in [5, 5.41) is 9.07. The van der Waals surface area contributed by atoms with Crippen LogP contribution in [0.4, 0.5) is 4.39 Å². The van der Waals surface area contributed by atoms with E-state index in [0.29, 0.717) is 17.3 Å². The van der Waals surface area contributed by atoms with E-state index < -0.39 is 0 Å². The third-order valence-corrected chi connectivity index (χ3v) is 4.32. The molecular weight excluding hydrogens is 315 g/mol. The molecule has 6 heteroatoms. The first kappa shape index (κ1) is 15.9. The van der Waals surface area contributed by atoms with Gasteiger partial charge in [-0.25, -0.2) is 9.37 Å². The summed E-state index contributed by atoms with van der Waals surface area (Å²) >= 11 is 6.28. The molecule has 0 saturated heterocycles. The van der Waals surface area contributed by atoms with Crippen LogP contribution in [0.5, 0.6) is 0 Å². The number of hydrogen-bond acceptors (Lipinski definition) is 3. The van der Waals surface area contributed by atoms with E-state index in [4.69, 9.17) is 11.6 Å². The first-order chi connectivity index (χ1) is 11.0. The highest BCUT2D eigenvalue weighted by molar-refractivity contribution is 6.30. The van der Waals surface area contributed by atoms with Gasteiger partial charge in [-0.2, -0.15) is 5.10 Å². The Morgan fingerprint density at radius 3 is 2.83 bits per heavy atom. The second kappa shape index (κ2) is 6.26. The largest absolute Gasteiger partial charge is 0.306 e. The molecular formula is C17H18ClFN4. The Morgan fingerprint density at radius 2 is 2.09 bits per heavy atom. The van der Waals surface area contributed by atoms with Gasteiger partial charge in [-0.1, -0.05) is 29.8 Å². The van der Waals surface area contributed by atoms with E-state index in [1.54, 1.807) is 16.8 Å². The van der Waals surface area contributed by atoms with E-state index in [1.807, 2.05) is 33.0 Å².